The first-order valence-electron chi connectivity index (χ1n) is 7.73. The van der Waals surface area contributed by atoms with Crippen molar-refractivity contribution in [2.75, 3.05) is 13.7 Å². The molecule has 0 aliphatic carbocycles. The molecule has 0 amide bonds. The van der Waals surface area contributed by atoms with Crippen molar-refractivity contribution < 1.29 is 23.8 Å². The molecule has 0 aromatic heterocycles. The molecule has 0 fully saturated rings. The van der Waals surface area contributed by atoms with Gasteiger partial charge in [-0.25, -0.2) is 0 Å². The number of hydrogen-bond donors (Lipinski definition) is 0. The highest BCUT2D eigenvalue weighted by Crippen LogP contribution is 2.26. The van der Waals surface area contributed by atoms with Crippen molar-refractivity contribution in [2.45, 2.75) is 19.8 Å². The van der Waals surface area contributed by atoms with Gasteiger partial charge in [0, 0.05) is 12.0 Å². The lowest BCUT2D eigenvalue weighted by molar-refractivity contribution is -0.134. The standard InChI is InChI=1S/C19H20O5/c1-3-23-15-10-8-14(9-11-15)16(20)12-13-19(21)24-18-7-5-4-6-17(18)22-2/h4-11H,3,12-13H2,1-2H3. The van der Waals surface area contributed by atoms with Crippen LogP contribution in [-0.2, 0) is 4.79 Å². The monoisotopic (exact) mass is 328 g/mol. The van der Waals surface area contributed by atoms with Crippen LogP contribution in [0.2, 0.25) is 0 Å². The van der Waals surface area contributed by atoms with Gasteiger partial charge in [0.05, 0.1) is 20.1 Å². The summed E-state index contributed by atoms with van der Waals surface area (Å²) in [6.45, 7) is 2.47. The van der Waals surface area contributed by atoms with E-state index in [-0.39, 0.29) is 18.6 Å². The maximum atomic E-state index is 12.1. The van der Waals surface area contributed by atoms with E-state index in [0.29, 0.717) is 29.4 Å². The molecular formula is C19H20O5. The summed E-state index contributed by atoms with van der Waals surface area (Å²) in [5.74, 6) is 0.945. The molecule has 5 nitrogen and oxygen atoms in total. The molecule has 0 spiro atoms. The molecule has 0 atom stereocenters. The number of Topliss-reactive ketones (excluding diaryl/α,β-unsaturated/α-hetero) is 1. The number of benzene rings is 2. The maximum Gasteiger partial charge on any atom is 0.311 e. The SMILES string of the molecule is CCOc1ccc(C(=O)CCC(=O)Oc2ccccc2OC)cc1. The average Bonchev–Trinajstić information content (AvgIpc) is 2.61. The third-order valence-corrected chi connectivity index (χ3v) is 3.34. The minimum Gasteiger partial charge on any atom is -0.494 e. The predicted octanol–water partition coefficient (Wildman–Crippen LogP) is 3.66. The highest BCUT2D eigenvalue weighted by atomic mass is 16.6. The molecule has 2 rings (SSSR count). The first-order chi connectivity index (χ1) is 11.6. The lowest BCUT2D eigenvalue weighted by Crippen LogP contribution is -2.11. The van der Waals surface area contributed by atoms with E-state index in [1.807, 2.05) is 6.92 Å². The molecular weight excluding hydrogens is 308 g/mol. The van der Waals surface area contributed by atoms with Crippen molar-refractivity contribution in [3.05, 3.63) is 54.1 Å². The van der Waals surface area contributed by atoms with Gasteiger partial charge >= 0.3 is 5.97 Å². The summed E-state index contributed by atoms with van der Waals surface area (Å²) < 4.78 is 15.7. The van der Waals surface area contributed by atoms with E-state index in [0.717, 1.165) is 0 Å². The quantitative estimate of drug-likeness (QED) is 0.420. The van der Waals surface area contributed by atoms with Gasteiger partial charge in [0.1, 0.15) is 5.75 Å². The predicted molar refractivity (Wildman–Crippen MR) is 89.8 cm³/mol. The van der Waals surface area contributed by atoms with Gasteiger partial charge in [-0.2, -0.15) is 0 Å². The van der Waals surface area contributed by atoms with Gasteiger partial charge in [-0.1, -0.05) is 12.1 Å². The first-order valence-corrected chi connectivity index (χ1v) is 7.73. The molecule has 0 N–H and O–H groups in total. The van der Waals surface area contributed by atoms with Crippen LogP contribution < -0.4 is 14.2 Å². The molecule has 5 heteroatoms. The number of carbonyl (C=O) groups is 2. The van der Waals surface area contributed by atoms with E-state index in [1.54, 1.807) is 48.5 Å². The van der Waals surface area contributed by atoms with Crippen LogP contribution in [0.3, 0.4) is 0 Å². The smallest absolute Gasteiger partial charge is 0.311 e. The minimum absolute atomic E-state index is 0.00406. The summed E-state index contributed by atoms with van der Waals surface area (Å²) >= 11 is 0. The summed E-state index contributed by atoms with van der Waals surface area (Å²) in [5, 5.41) is 0. The third-order valence-electron chi connectivity index (χ3n) is 3.34. The average molecular weight is 328 g/mol. The minimum atomic E-state index is -0.473. The molecule has 24 heavy (non-hydrogen) atoms. The Balaban J connectivity index is 1.87. The van der Waals surface area contributed by atoms with Gasteiger partial charge in [-0.3, -0.25) is 9.59 Å². The molecule has 0 unspecified atom stereocenters. The fourth-order valence-corrected chi connectivity index (χ4v) is 2.14. The van der Waals surface area contributed by atoms with Crippen LogP contribution in [0.5, 0.6) is 17.2 Å². The normalized spacial score (nSPS) is 10.1. The Hall–Kier alpha value is -2.82. The van der Waals surface area contributed by atoms with E-state index in [1.165, 1.54) is 7.11 Å². The van der Waals surface area contributed by atoms with Crippen molar-refractivity contribution in [3.8, 4) is 17.2 Å². The van der Waals surface area contributed by atoms with Gasteiger partial charge in [-0.15, -0.1) is 0 Å². The summed E-state index contributed by atoms with van der Waals surface area (Å²) in [6.07, 6.45) is 0.0893. The summed E-state index contributed by atoms with van der Waals surface area (Å²) in [4.78, 5) is 24.0. The van der Waals surface area contributed by atoms with Gasteiger partial charge in [0.25, 0.3) is 0 Å². The number of esters is 1. The van der Waals surface area contributed by atoms with Crippen molar-refractivity contribution in [3.63, 3.8) is 0 Å². The maximum absolute atomic E-state index is 12.1. The summed E-state index contributed by atoms with van der Waals surface area (Å²) in [7, 11) is 1.50. The van der Waals surface area contributed by atoms with Crippen molar-refractivity contribution in [1.29, 1.82) is 0 Å². The van der Waals surface area contributed by atoms with E-state index in [4.69, 9.17) is 14.2 Å². The van der Waals surface area contributed by atoms with Crippen molar-refractivity contribution >= 4 is 11.8 Å². The van der Waals surface area contributed by atoms with Crippen LogP contribution in [0.4, 0.5) is 0 Å². The highest BCUT2D eigenvalue weighted by molar-refractivity contribution is 5.97. The van der Waals surface area contributed by atoms with Crippen molar-refractivity contribution in [1.82, 2.24) is 0 Å². The Morgan fingerprint density at radius 3 is 2.21 bits per heavy atom. The molecule has 0 saturated carbocycles. The molecule has 0 saturated heterocycles. The molecule has 0 aliphatic rings. The number of ketones is 1. The molecule has 0 radical (unpaired) electrons. The van der Waals surface area contributed by atoms with E-state index >= 15 is 0 Å². The first kappa shape index (κ1) is 17.5. The number of ether oxygens (including phenoxy) is 3. The van der Waals surface area contributed by atoms with Gasteiger partial charge in [0.15, 0.2) is 17.3 Å². The molecule has 2 aromatic carbocycles. The second-order valence-electron chi connectivity index (χ2n) is 5.01. The summed E-state index contributed by atoms with van der Waals surface area (Å²) in [6, 6.07) is 13.7. The zero-order valence-corrected chi connectivity index (χ0v) is 13.8. The number of carbonyl (C=O) groups excluding carboxylic acids is 2. The lowest BCUT2D eigenvalue weighted by atomic mass is 10.1. The van der Waals surface area contributed by atoms with E-state index in [2.05, 4.69) is 0 Å². The second-order valence-corrected chi connectivity index (χ2v) is 5.01. The Morgan fingerprint density at radius 2 is 1.58 bits per heavy atom. The topological polar surface area (TPSA) is 61.8 Å². The molecule has 0 bridgehead atoms. The van der Waals surface area contributed by atoms with Crippen LogP contribution in [0.25, 0.3) is 0 Å². The zero-order chi connectivity index (χ0) is 17.4. The zero-order valence-electron chi connectivity index (χ0n) is 13.8. The van der Waals surface area contributed by atoms with Crippen LogP contribution in [0.1, 0.15) is 30.1 Å². The number of hydrogen-bond acceptors (Lipinski definition) is 5. The Labute approximate surface area is 141 Å². The largest absolute Gasteiger partial charge is 0.494 e. The van der Waals surface area contributed by atoms with Crippen LogP contribution in [-0.4, -0.2) is 25.5 Å². The fourth-order valence-electron chi connectivity index (χ4n) is 2.14. The fraction of sp³-hybridized carbons (Fsp3) is 0.263. The van der Waals surface area contributed by atoms with Gasteiger partial charge in [-0.05, 0) is 43.3 Å². The van der Waals surface area contributed by atoms with Crippen LogP contribution >= 0.6 is 0 Å². The van der Waals surface area contributed by atoms with Crippen LogP contribution in [0.15, 0.2) is 48.5 Å². The van der Waals surface area contributed by atoms with E-state index in [9.17, 15) is 9.59 Å². The van der Waals surface area contributed by atoms with Crippen LogP contribution in [0, 0.1) is 0 Å². The van der Waals surface area contributed by atoms with Crippen molar-refractivity contribution in [2.24, 2.45) is 0 Å². The molecule has 126 valence electrons. The second kappa shape index (κ2) is 8.72. The molecule has 0 aliphatic heterocycles. The third kappa shape index (κ3) is 4.84. The molecule has 0 heterocycles. The highest BCUT2D eigenvalue weighted by Gasteiger charge is 2.13. The summed E-state index contributed by atoms with van der Waals surface area (Å²) in [5.41, 5.74) is 0.545. The number of methoxy groups -OCH3 is 1. The Kier molecular flexibility index (Phi) is 6.37. The Morgan fingerprint density at radius 1 is 0.917 bits per heavy atom. The van der Waals surface area contributed by atoms with Gasteiger partial charge in [0.2, 0.25) is 0 Å². The van der Waals surface area contributed by atoms with Gasteiger partial charge < -0.3 is 14.2 Å². The molecule has 2 aromatic rings. The van der Waals surface area contributed by atoms with E-state index < -0.39 is 5.97 Å². The lowest BCUT2D eigenvalue weighted by Gasteiger charge is -2.08. The number of rotatable bonds is 8. The Bertz CT molecular complexity index is 691. The number of para-hydroxylation sites is 2.